The summed E-state index contributed by atoms with van der Waals surface area (Å²) in [5.74, 6) is 0.753. The van der Waals surface area contributed by atoms with E-state index < -0.39 is 0 Å². The third-order valence-corrected chi connectivity index (χ3v) is 3.95. The molecule has 0 amide bonds. The van der Waals surface area contributed by atoms with E-state index in [1.54, 1.807) is 0 Å². The van der Waals surface area contributed by atoms with Crippen LogP contribution >= 0.6 is 0 Å². The summed E-state index contributed by atoms with van der Waals surface area (Å²) in [5, 5.41) is 0. The first-order chi connectivity index (χ1) is 9.16. The van der Waals surface area contributed by atoms with Crippen LogP contribution in [0.1, 0.15) is 104 Å². The summed E-state index contributed by atoms with van der Waals surface area (Å²) in [6.45, 7) is 6.81. The SMILES string of the molecule is CCCCCCCCCCCCCC(N)CC(C)C. The predicted octanol–water partition coefficient (Wildman–Crippen LogP) is 6.06. The Morgan fingerprint density at radius 2 is 1.11 bits per heavy atom. The molecule has 0 bridgehead atoms. The molecular weight excluding hydrogens is 230 g/mol. The van der Waals surface area contributed by atoms with Crippen LogP contribution in [0.2, 0.25) is 0 Å². The van der Waals surface area contributed by atoms with Gasteiger partial charge in [-0.3, -0.25) is 0 Å². The highest BCUT2D eigenvalue weighted by atomic mass is 14.6. The van der Waals surface area contributed by atoms with Gasteiger partial charge in [-0.15, -0.1) is 0 Å². The van der Waals surface area contributed by atoms with Gasteiger partial charge in [0.2, 0.25) is 0 Å². The summed E-state index contributed by atoms with van der Waals surface area (Å²) in [5.41, 5.74) is 6.09. The summed E-state index contributed by atoms with van der Waals surface area (Å²) >= 11 is 0. The van der Waals surface area contributed by atoms with Crippen molar-refractivity contribution in [1.29, 1.82) is 0 Å². The monoisotopic (exact) mass is 269 g/mol. The molecule has 0 aliphatic heterocycles. The molecular formula is C18H39N. The van der Waals surface area contributed by atoms with E-state index in [2.05, 4.69) is 20.8 Å². The Morgan fingerprint density at radius 1 is 0.684 bits per heavy atom. The van der Waals surface area contributed by atoms with Crippen molar-refractivity contribution in [3.8, 4) is 0 Å². The Bertz CT molecular complexity index is 165. The lowest BCUT2D eigenvalue weighted by atomic mass is 9.98. The quantitative estimate of drug-likeness (QED) is 0.381. The predicted molar refractivity (Wildman–Crippen MR) is 88.5 cm³/mol. The van der Waals surface area contributed by atoms with Crippen molar-refractivity contribution in [2.45, 2.75) is 110 Å². The summed E-state index contributed by atoms with van der Waals surface area (Å²) in [4.78, 5) is 0. The first kappa shape index (κ1) is 19.0. The molecule has 0 radical (unpaired) electrons. The first-order valence-electron chi connectivity index (χ1n) is 8.92. The Morgan fingerprint density at radius 3 is 1.53 bits per heavy atom. The Kier molecular flexibility index (Phi) is 14.3. The molecule has 0 fully saturated rings. The third-order valence-electron chi connectivity index (χ3n) is 3.95. The van der Waals surface area contributed by atoms with Crippen LogP contribution in [0.25, 0.3) is 0 Å². The molecule has 0 aromatic heterocycles. The zero-order chi connectivity index (χ0) is 14.3. The summed E-state index contributed by atoms with van der Waals surface area (Å²) < 4.78 is 0. The van der Waals surface area contributed by atoms with E-state index in [4.69, 9.17) is 5.73 Å². The van der Waals surface area contributed by atoms with Crippen molar-refractivity contribution in [1.82, 2.24) is 0 Å². The molecule has 0 saturated heterocycles. The van der Waals surface area contributed by atoms with Crippen molar-refractivity contribution in [3.63, 3.8) is 0 Å². The molecule has 0 saturated carbocycles. The lowest BCUT2D eigenvalue weighted by Gasteiger charge is -2.13. The van der Waals surface area contributed by atoms with E-state index in [0.717, 1.165) is 5.92 Å². The van der Waals surface area contributed by atoms with Crippen molar-refractivity contribution < 1.29 is 0 Å². The van der Waals surface area contributed by atoms with Gasteiger partial charge in [0.1, 0.15) is 0 Å². The van der Waals surface area contributed by atoms with Gasteiger partial charge in [-0.25, -0.2) is 0 Å². The Labute approximate surface area is 122 Å². The zero-order valence-electron chi connectivity index (χ0n) is 13.9. The van der Waals surface area contributed by atoms with Crippen molar-refractivity contribution in [2.75, 3.05) is 0 Å². The molecule has 116 valence electrons. The Hall–Kier alpha value is -0.0400. The number of nitrogens with two attached hydrogens (primary N) is 1. The maximum absolute atomic E-state index is 6.09. The molecule has 0 aliphatic carbocycles. The second-order valence-corrected chi connectivity index (χ2v) is 6.71. The van der Waals surface area contributed by atoms with Gasteiger partial charge in [0.25, 0.3) is 0 Å². The van der Waals surface area contributed by atoms with Gasteiger partial charge in [0.15, 0.2) is 0 Å². The first-order valence-corrected chi connectivity index (χ1v) is 8.92. The van der Waals surface area contributed by atoms with Crippen molar-refractivity contribution in [2.24, 2.45) is 11.7 Å². The van der Waals surface area contributed by atoms with Crippen LogP contribution < -0.4 is 5.73 Å². The average Bonchev–Trinajstić information content (AvgIpc) is 2.35. The molecule has 1 atom stereocenters. The maximum Gasteiger partial charge on any atom is 0.00412 e. The minimum atomic E-state index is 0.443. The highest BCUT2D eigenvalue weighted by molar-refractivity contribution is 4.63. The molecule has 1 unspecified atom stereocenters. The van der Waals surface area contributed by atoms with Gasteiger partial charge in [-0.2, -0.15) is 0 Å². The third kappa shape index (κ3) is 15.9. The van der Waals surface area contributed by atoms with Gasteiger partial charge in [0.05, 0.1) is 0 Å². The molecule has 0 spiro atoms. The van der Waals surface area contributed by atoms with Crippen LogP contribution in [0.5, 0.6) is 0 Å². The molecule has 1 nitrogen and oxygen atoms in total. The molecule has 0 rings (SSSR count). The molecule has 0 aromatic carbocycles. The fraction of sp³-hybridized carbons (Fsp3) is 1.00. The molecule has 0 aromatic rings. The maximum atomic E-state index is 6.09. The largest absolute Gasteiger partial charge is 0.328 e. The highest BCUT2D eigenvalue weighted by Gasteiger charge is 2.04. The van der Waals surface area contributed by atoms with E-state index in [-0.39, 0.29) is 0 Å². The number of rotatable bonds is 14. The van der Waals surface area contributed by atoms with Crippen LogP contribution in [0.4, 0.5) is 0 Å². The number of hydrogen-bond donors (Lipinski definition) is 1. The summed E-state index contributed by atoms with van der Waals surface area (Å²) in [7, 11) is 0. The average molecular weight is 270 g/mol. The number of hydrogen-bond acceptors (Lipinski definition) is 1. The second-order valence-electron chi connectivity index (χ2n) is 6.71. The fourth-order valence-electron chi connectivity index (χ4n) is 2.79. The second kappa shape index (κ2) is 14.4. The summed E-state index contributed by atoms with van der Waals surface area (Å²) in [6.07, 6.45) is 18.1. The molecule has 0 aliphatic rings. The van der Waals surface area contributed by atoms with Crippen LogP contribution in [0, 0.1) is 5.92 Å². The van der Waals surface area contributed by atoms with Crippen molar-refractivity contribution in [3.05, 3.63) is 0 Å². The zero-order valence-corrected chi connectivity index (χ0v) is 13.9. The van der Waals surface area contributed by atoms with E-state index in [1.807, 2.05) is 0 Å². The van der Waals surface area contributed by atoms with Crippen LogP contribution in [0.15, 0.2) is 0 Å². The Balaban J connectivity index is 3.06. The van der Waals surface area contributed by atoms with Crippen molar-refractivity contribution >= 4 is 0 Å². The minimum absolute atomic E-state index is 0.443. The lowest BCUT2D eigenvalue weighted by Crippen LogP contribution is -2.21. The standard InChI is InChI=1S/C18H39N/c1-4-5-6-7-8-9-10-11-12-13-14-15-18(19)16-17(2)3/h17-18H,4-16,19H2,1-3H3. The van der Waals surface area contributed by atoms with E-state index in [9.17, 15) is 0 Å². The van der Waals surface area contributed by atoms with Gasteiger partial charge < -0.3 is 5.73 Å². The van der Waals surface area contributed by atoms with Gasteiger partial charge in [0, 0.05) is 6.04 Å². The van der Waals surface area contributed by atoms with E-state index in [1.165, 1.54) is 83.5 Å². The minimum Gasteiger partial charge on any atom is -0.328 e. The van der Waals surface area contributed by atoms with Gasteiger partial charge >= 0.3 is 0 Å². The molecule has 2 N–H and O–H groups in total. The molecule has 0 heterocycles. The highest BCUT2D eigenvalue weighted by Crippen LogP contribution is 2.13. The molecule has 1 heteroatoms. The fourth-order valence-corrected chi connectivity index (χ4v) is 2.79. The van der Waals surface area contributed by atoms with E-state index >= 15 is 0 Å². The number of unbranched alkanes of at least 4 members (excludes halogenated alkanes) is 10. The van der Waals surface area contributed by atoms with Crippen LogP contribution in [-0.2, 0) is 0 Å². The van der Waals surface area contributed by atoms with Crippen LogP contribution in [-0.4, -0.2) is 6.04 Å². The normalized spacial score (nSPS) is 13.1. The van der Waals surface area contributed by atoms with Gasteiger partial charge in [-0.05, 0) is 18.8 Å². The lowest BCUT2D eigenvalue weighted by molar-refractivity contribution is 0.450. The summed E-state index contributed by atoms with van der Waals surface area (Å²) in [6, 6.07) is 0.443. The van der Waals surface area contributed by atoms with Crippen LogP contribution in [0.3, 0.4) is 0 Å². The van der Waals surface area contributed by atoms with Gasteiger partial charge in [-0.1, -0.05) is 91.4 Å². The topological polar surface area (TPSA) is 26.0 Å². The van der Waals surface area contributed by atoms with E-state index in [0.29, 0.717) is 6.04 Å². The smallest absolute Gasteiger partial charge is 0.00412 e. The molecule has 19 heavy (non-hydrogen) atoms.